The zero-order valence-electron chi connectivity index (χ0n) is 18.6. The van der Waals surface area contributed by atoms with Gasteiger partial charge in [-0.1, -0.05) is 24.4 Å². The van der Waals surface area contributed by atoms with Crippen molar-refractivity contribution in [3.63, 3.8) is 0 Å². The van der Waals surface area contributed by atoms with Gasteiger partial charge in [0.1, 0.15) is 11.8 Å². The molecule has 0 spiro atoms. The molecule has 1 unspecified atom stereocenters. The van der Waals surface area contributed by atoms with E-state index in [9.17, 15) is 27.6 Å². The highest BCUT2D eigenvalue weighted by molar-refractivity contribution is 6.31. The second-order valence-corrected chi connectivity index (χ2v) is 8.85. The first-order chi connectivity index (χ1) is 17.0. The third-order valence-electron chi connectivity index (χ3n) is 5.72. The predicted octanol–water partition coefficient (Wildman–Crippen LogP) is 5.75. The van der Waals surface area contributed by atoms with E-state index in [1.807, 2.05) is 0 Å². The maximum atomic E-state index is 13.1. The largest absolute Gasteiger partial charge is 0.573 e. The molecule has 188 valence electrons. The van der Waals surface area contributed by atoms with Crippen LogP contribution in [0.5, 0.6) is 5.75 Å². The second kappa shape index (κ2) is 10.1. The fourth-order valence-electron chi connectivity index (χ4n) is 3.79. The van der Waals surface area contributed by atoms with Crippen LogP contribution >= 0.6 is 11.6 Å². The van der Waals surface area contributed by atoms with Crippen LogP contribution in [0.15, 0.2) is 65.6 Å². The predicted molar refractivity (Wildman–Crippen MR) is 126 cm³/mol. The average molecular weight is 521 g/mol. The molecule has 36 heavy (non-hydrogen) atoms. The Hall–Kier alpha value is -3.79. The van der Waals surface area contributed by atoms with E-state index in [1.54, 1.807) is 0 Å². The number of hydrogen-bond acceptors (Lipinski definition) is 4. The van der Waals surface area contributed by atoms with Crippen molar-refractivity contribution in [1.29, 1.82) is 0 Å². The van der Waals surface area contributed by atoms with Crippen LogP contribution in [0.25, 0.3) is 11.1 Å². The third-order valence-corrected chi connectivity index (χ3v) is 5.95. The SMILES string of the molecule is O=C(O)c1ccc(NC(=O)C(CC2CC2)n2ccc(-c3cc(Cl)ccc3OC(F)(F)F)cc2=O)cc1. The Labute approximate surface area is 208 Å². The lowest BCUT2D eigenvalue weighted by Crippen LogP contribution is -2.33. The first-order valence-electron chi connectivity index (χ1n) is 10.9. The van der Waals surface area contributed by atoms with Crippen molar-refractivity contribution in [2.45, 2.75) is 31.7 Å². The summed E-state index contributed by atoms with van der Waals surface area (Å²) >= 11 is 5.96. The number of aromatic nitrogens is 1. The zero-order valence-corrected chi connectivity index (χ0v) is 19.3. The molecule has 1 atom stereocenters. The highest BCUT2D eigenvalue weighted by Gasteiger charge is 2.33. The van der Waals surface area contributed by atoms with Crippen LogP contribution in [-0.2, 0) is 4.79 Å². The maximum absolute atomic E-state index is 13.1. The van der Waals surface area contributed by atoms with E-state index in [0.29, 0.717) is 12.1 Å². The number of nitrogens with one attached hydrogen (secondary N) is 1. The number of hydrogen-bond donors (Lipinski definition) is 2. The number of carbonyl (C=O) groups excluding carboxylic acids is 1. The first-order valence-corrected chi connectivity index (χ1v) is 11.3. The molecular formula is C25H20ClF3N2O5. The maximum Gasteiger partial charge on any atom is 0.573 e. The Morgan fingerprint density at radius 1 is 1.11 bits per heavy atom. The number of halogens is 4. The van der Waals surface area contributed by atoms with E-state index in [2.05, 4.69) is 10.1 Å². The average Bonchev–Trinajstić information content (AvgIpc) is 3.62. The van der Waals surface area contributed by atoms with Gasteiger partial charge in [0.25, 0.3) is 5.56 Å². The van der Waals surface area contributed by atoms with Crippen LogP contribution < -0.4 is 15.6 Å². The number of pyridine rings is 1. The van der Waals surface area contributed by atoms with Crippen molar-refractivity contribution in [1.82, 2.24) is 4.57 Å². The normalized spacial score (nSPS) is 14.2. The Morgan fingerprint density at radius 2 is 1.81 bits per heavy atom. The molecule has 1 amide bonds. The summed E-state index contributed by atoms with van der Waals surface area (Å²) in [7, 11) is 0. The van der Waals surface area contributed by atoms with Crippen LogP contribution in [0.1, 0.15) is 35.7 Å². The lowest BCUT2D eigenvalue weighted by atomic mass is 10.0. The van der Waals surface area contributed by atoms with Gasteiger partial charge < -0.3 is 19.7 Å². The molecule has 11 heteroatoms. The summed E-state index contributed by atoms with van der Waals surface area (Å²) in [5.74, 6) is -1.82. The third kappa shape index (κ3) is 6.25. The van der Waals surface area contributed by atoms with Crippen molar-refractivity contribution in [3.8, 4) is 16.9 Å². The molecule has 1 heterocycles. The summed E-state index contributed by atoms with van der Waals surface area (Å²) in [5, 5.41) is 11.9. The minimum absolute atomic E-state index is 0.0224. The molecule has 0 saturated heterocycles. The lowest BCUT2D eigenvalue weighted by Gasteiger charge is -2.20. The number of carboxylic acids is 1. The lowest BCUT2D eigenvalue weighted by molar-refractivity contribution is -0.274. The Kier molecular flexibility index (Phi) is 7.07. The minimum atomic E-state index is -4.94. The van der Waals surface area contributed by atoms with E-state index in [1.165, 1.54) is 53.2 Å². The number of benzene rings is 2. The molecule has 1 fully saturated rings. The van der Waals surface area contributed by atoms with Gasteiger partial charge in [0, 0.05) is 28.5 Å². The summed E-state index contributed by atoms with van der Waals surface area (Å²) in [4.78, 5) is 37.2. The molecule has 0 aliphatic heterocycles. The number of anilines is 1. The van der Waals surface area contributed by atoms with Gasteiger partial charge in [-0.3, -0.25) is 9.59 Å². The molecule has 1 aliphatic rings. The van der Waals surface area contributed by atoms with Gasteiger partial charge in [-0.15, -0.1) is 13.2 Å². The van der Waals surface area contributed by atoms with Gasteiger partial charge in [0.15, 0.2) is 0 Å². The van der Waals surface area contributed by atoms with Crippen molar-refractivity contribution < 1.29 is 32.6 Å². The summed E-state index contributed by atoms with van der Waals surface area (Å²) in [6.07, 6.45) is -1.34. The summed E-state index contributed by atoms with van der Waals surface area (Å²) < 4.78 is 43.9. The number of nitrogens with zero attached hydrogens (tertiary/aromatic N) is 1. The fraction of sp³-hybridized carbons (Fsp3) is 0.240. The molecule has 1 aromatic heterocycles. The fourth-order valence-corrected chi connectivity index (χ4v) is 3.97. The number of rotatable bonds is 8. The molecule has 1 saturated carbocycles. The Morgan fingerprint density at radius 3 is 2.39 bits per heavy atom. The smallest absolute Gasteiger partial charge is 0.478 e. The molecule has 3 aromatic rings. The Bertz CT molecular complexity index is 1350. The molecule has 4 rings (SSSR count). The summed E-state index contributed by atoms with van der Waals surface area (Å²) in [6.45, 7) is 0. The zero-order chi connectivity index (χ0) is 26.0. The number of amides is 1. The monoisotopic (exact) mass is 520 g/mol. The van der Waals surface area contributed by atoms with Gasteiger partial charge in [-0.25, -0.2) is 4.79 Å². The highest BCUT2D eigenvalue weighted by atomic mass is 35.5. The topological polar surface area (TPSA) is 97.6 Å². The molecule has 0 bridgehead atoms. The molecular weight excluding hydrogens is 501 g/mol. The van der Waals surface area contributed by atoms with Crippen molar-refractivity contribution >= 4 is 29.2 Å². The number of carboxylic acid groups (broad SMARTS) is 1. The standard InChI is InChI=1S/C25H20ClF3N2O5/c26-17-5-8-21(36-25(27,28)29)19(13-17)16-9-10-31(22(32)12-16)20(11-14-1-2-14)23(33)30-18-6-3-15(4-7-18)24(34)35/h3-10,12-14,20H,1-2,11H2,(H,30,33)(H,34,35). The van der Waals surface area contributed by atoms with Gasteiger partial charge in [0.2, 0.25) is 5.91 Å². The van der Waals surface area contributed by atoms with E-state index in [-0.39, 0.29) is 27.6 Å². The summed E-state index contributed by atoms with van der Waals surface area (Å²) in [5.41, 5.74) is -0.0429. The van der Waals surface area contributed by atoms with E-state index in [4.69, 9.17) is 16.7 Å². The van der Waals surface area contributed by atoms with Crippen LogP contribution in [0.3, 0.4) is 0 Å². The summed E-state index contributed by atoms with van der Waals surface area (Å²) in [6, 6.07) is 10.8. The number of ether oxygens (including phenoxy) is 1. The van der Waals surface area contributed by atoms with Gasteiger partial charge in [-0.2, -0.15) is 0 Å². The number of aromatic carboxylic acids is 1. The molecule has 2 N–H and O–H groups in total. The van der Waals surface area contributed by atoms with Gasteiger partial charge in [-0.05, 0) is 66.4 Å². The molecule has 0 radical (unpaired) electrons. The second-order valence-electron chi connectivity index (χ2n) is 8.42. The van der Waals surface area contributed by atoms with Crippen LogP contribution in [0.4, 0.5) is 18.9 Å². The molecule has 1 aliphatic carbocycles. The Balaban J connectivity index is 1.63. The first kappa shape index (κ1) is 25.3. The van der Waals surface area contributed by atoms with E-state index >= 15 is 0 Å². The van der Waals surface area contributed by atoms with Gasteiger partial charge in [0.05, 0.1) is 5.56 Å². The van der Waals surface area contributed by atoms with Crippen molar-refractivity contribution in [2.24, 2.45) is 5.92 Å². The van der Waals surface area contributed by atoms with Crippen LogP contribution in [0, 0.1) is 5.92 Å². The van der Waals surface area contributed by atoms with Gasteiger partial charge >= 0.3 is 12.3 Å². The van der Waals surface area contributed by atoms with Crippen LogP contribution in [0.2, 0.25) is 5.02 Å². The van der Waals surface area contributed by atoms with Crippen LogP contribution in [-0.4, -0.2) is 27.9 Å². The van der Waals surface area contributed by atoms with Crippen molar-refractivity contribution in [2.75, 3.05) is 5.32 Å². The minimum Gasteiger partial charge on any atom is -0.478 e. The number of alkyl halides is 3. The highest BCUT2D eigenvalue weighted by Crippen LogP contribution is 2.38. The quantitative estimate of drug-likeness (QED) is 0.394. The number of carbonyl (C=O) groups is 2. The molecule has 2 aromatic carbocycles. The van der Waals surface area contributed by atoms with E-state index in [0.717, 1.165) is 25.0 Å². The molecule has 7 nitrogen and oxygen atoms in total. The van der Waals surface area contributed by atoms with Crippen molar-refractivity contribution in [3.05, 3.63) is 81.7 Å². The van der Waals surface area contributed by atoms with E-state index < -0.39 is 35.6 Å².